The van der Waals surface area contributed by atoms with Gasteiger partial charge in [0.1, 0.15) is 43.2 Å². The first-order chi connectivity index (χ1) is 15.2. The van der Waals surface area contributed by atoms with Crippen molar-refractivity contribution in [1.29, 1.82) is 0 Å². The number of carbonyl (C=O) groups excluding carboxylic acids is 1. The van der Waals surface area contributed by atoms with Crippen molar-refractivity contribution in [2.45, 2.75) is 49.2 Å². The molecule has 0 bridgehead atoms. The Morgan fingerprint density at radius 1 is 1.16 bits per heavy atom. The van der Waals surface area contributed by atoms with Crippen molar-refractivity contribution in [3.05, 3.63) is 29.8 Å². The van der Waals surface area contributed by atoms with Gasteiger partial charge in [0.15, 0.2) is 24.1 Å². The molecular formula is C20H26O12. The lowest BCUT2D eigenvalue weighted by molar-refractivity contribution is -0.298. The average Bonchev–Trinajstić information content (AvgIpc) is 3.05. The maximum absolute atomic E-state index is 12.0. The number of phenols is 1. The molecule has 0 saturated carbocycles. The molecule has 0 aromatic heterocycles. The number of carbonyl (C=O) groups is 1. The fourth-order valence-electron chi connectivity index (χ4n) is 3.25. The molecule has 6 N–H and O–H groups in total. The number of methoxy groups -OCH3 is 1. The smallest absolute Gasteiger partial charge is 0.330 e. The summed E-state index contributed by atoms with van der Waals surface area (Å²) in [6, 6.07) is 4.47. The van der Waals surface area contributed by atoms with E-state index in [1.165, 1.54) is 25.3 Å². The van der Waals surface area contributed by atoms with Crippen LogP contribution in [0.4, 0.5) is 0 Å². The molecule has 2 heterocycles. The minimum absolute atomic E-state index is 0.0507. The number of esters is 1. The summed E-state index contributed by atoms with van der Waals surface area (Å²) in [5.74, 6) is -0.578. The molecule has 178 valence electrons. The molecule has 1 aromatic carbocycles. The minimum Gasteiger partial charge on any atom is -0.504 e. The van der Waals surface area contributed by atoms with Gasteiger partial charge in [-0.25, -0.2) is 4.79 Å². The van der Waals surface area contributed by atoms with Crippen molar-refractivity contribution < 1.29 is 59.1 Å². The molecule has 0 amide bonds. The van der Waals surface area contributed by atoms with Crippen LogP contribution in [0.5, 0.6) is 11.5 Å². The van der Waals surface area contributed by atoms with E-state index in [2.05, 4.69) is 0 Å². The van der Waals surface area contributed by atoms with Gasteiger partial charge < -0.3 is 54.3 Å². The molecule has 2 aliphatic rings. The lowest BCUT2D eigenvalue weighted by atomic mass is 10.0. The van der Waals surface area contributed by atoms with Gasteiger partial charge in [-0.05, 0) is 23.8 Å². The maximum atomic E-state index is 12.0. The minimum atomic E-state index is -1.60. The van der Waals surface area contributed by atoms with Crippen LogP contribution in [0.25, 0.3) is 6.08 Å². The molecule has 2 fully saturated rings. The number of hydrogen-bond acceptors (Lipinski definition) is 12. The second kappa shape index (κ2) is 10.6. The van der Waals surface area contributed by atoms with Crippen molar-refractivity contribution >= 4 is 12.0 Å². The molecule has 3 rings (SSSR count). The third-order valence-electron chi connectivity index (χ3n) is 5.06. The van der Waals surface area contributed by atoms with Gasteiger partial charge in [-0.3, -0.25) is 0 Å². The van der Waals surface area contributed by atoms with Gasteiger partial charge >= 0.3 is 5.97 Å². The average molecular weight is 458 g/mol. The van der Waals surface area contributed by atoms with E-state index in [1.807, 2.05) is 0 Å². The summed E-state index contributed by atoms with van der Waals surface area (Å²) in [6.07, 6.45) is -8.91. The van der Waals surface area contributed by atoms with E-state index in [0.717, 1.165) is 6.08 Å². The van der Waals surface area contributed by atoms with E-state index in [4.69, 9.17) is 23.7 Å². The summed E-state index contributed by atoms with van der Waals surface area (Å²) in [6.45, 7) is -0.726. The summed E-state index contributed by atoms with van der Waals surface area (Å²) in [5, 5.41) is 59.2. The standard InChI is InChI=1S/C20H26O12/c1-28-12-6-9(2-4-10(12)21)3-5-14(23)29-8-13-15(24)16(25)20(31-13)32-18-11(22)7-30-19(27)17(18)26/h2-6,11,13,15-22,24-27H,7-8H2,1H3. The van der Waals surface area contributed by atoms with E-state index in [1.54, 1.807) is 6.07 Å². The SMILES string of the molecule is COc1cc(C=CC(=O)OCC2OC(OC3C(O)COC(O)C3O)C(O)C2O)ccc1O. The first-order valence-electron chi connectivity index (χ1n) is 9.76. The van der Waals surface area contributed by atoms with Crippen LogP contribution in [0, 0.1) is 0 Å². The Hall–Kier alpha value is -2.29. The number of phenolic OH excluding ortho intramolecular Hbond substituents is 1. The van der Waals surface area contributed by atoms with Crippen LogP contribution in [0.2, 0.25) is 0 Å². The van der Waals surface area contributed by atoms with Crippen molar-refractivity contribution in [3.63, 3.8) is 0 Å². The van der Waals surface area contributed by atoms with Gasteiger partial charge in [0.05, 0.1) is 13.7 Å². The number of ether oxygens (including phenoxy) is 5. The molecule has 8 unspecified atom stereocenters. The lowest BCUT2D eigenvalue weighted by Crippen LogP contribution is -2.56. The predicted molar refractivity (Wildman–Crippen MR) is 104 cm³/mol. The topological polar surface area (TPSA) is 185 Å². The molecule has 12 nitrogen and oxygen atoms in total. The van der Waals surface area contributed by atoms with Crippen LogP contribution in [0.3, 0.4) is 0 Å². The highest BCUT2D eigenvalue weighted by molar-refractivity contribution is 5.87. The number of hydrogen-bond donors (Lipinski definition) is 6. The summed E-state index contributed by atoms with van der Waals surface area (Å²) in [7, 11) is 1.39. The van der Waals surface area contributed by atoms with Crippen molar-refractivity contribution in [1.82, 2.24) is 0 Å². The fraction of sp³-hybridized carbons (Fsp3) is 0.550. The molecule has 12 heteroatoms. The van der Waals surface area contributed by atoms with Crippen molar-refractivity contribution in [2.24, 2.45) is 0 Å². The highest BCUT2D eigenvalue weighted by Crippen LogP contribution is 2.28. The zero-order chi connectivity index (χ0) is 23.4. The predicted octanol–water partition coefficient (Wildman–Crippen LogP) is -2.14. The van der Waals surface area contributed by atoms with Crippen LogP contribution in [0.1, 0.15) is 5.56 Å². The highest BCUT2D eigenvalue weighted by atomic mass is 16.7. The zero-order valence-corrected chi connectivity index (χ0v) is 17.1. The Morgan fingerprint density at radius 3 is 2.62 bits per heavy atom. The first-order valence-corrected chi connectivity index (χ1v) is 9.76. The normalized spacial score (nSPS) is 35.2. The van der Waals surface area contributed by atoms with E-state index >= 15 is 0 Å². The van der Waals surface area contributed by atoms with Crippen LogP contribution >= 0.6 is 0 Å². The van der Waals surface area contributed by atoms with Crippen LogP contribution in [-0.4, -0.2) is 106 Å². The zero-order valence-electron chi connectivity index (χ0n) is 17.1. The second-order valence-corrected chi connectivity index (χ2v) is 7.30. The van der Waals surface area contributed by atoms with Gasteiger partial charge in [-0.2, -0.15) is 0 Å². The Kier molecular flexibility index (Phi) is 8.03. The second-order valence-electron chi connectivity index (χ2n) is 7.30. The van der Waals surface area contributed by atoms with Crippen LogP contribution in [0.15, 0.2) is 24.3 Å². The Bertz CT molecular complexity index is 814. The maximum Gasteiger partial charge on any atom is 0.330 e. The number of aliphatic hydroxyl groups excluding tert-OH is 5. The first kappa shape index (κ1) is 24.4. The summed E-state index contributed by atoms with van der Waals surface area (Å²) in [5.41, 5.74) is 0.563. The molecule has 1 aromatic rings. The molecule has 8 atom stereocenters. The molecule has 2 aliphatic heterocycles. The molecule has 32 heavy (non-hydrogen) atoms. The Balaban J connectivity index is 1.52. The lowest BCUT2D eigenvalue weighted by Gasteiger charge is -2.36. The highest BCUT2D eigenvalue weighted by Gasteiger charge is 2.48. The van der Waals surface area contributed by atoms with E-state index in [0.29, 0.717) is 5.56 Å². The monoisotopic (exact) mass is 458 g/mol. The van der Waals surface area contributed by atoms with Crippen molar-refractivity contribution in [3.8, 4) is 11.5 Å². The third-order valence-corrected chi connectivity index (χ3v) is 5.06. The van der Waals surface area contributed by atoms with E-state index in [9.17, 15) is 35.4 Å². The number of rotatable bonds is 7. The number of benzene rings is 1. The molecular weight excluding hydrogens is 432 g/mol. The van der Waals surface area contributed by atoms with Gasteiger partial charge in [0.25, 0.3) is 0 Å². The summed E-state index contributed by atoms with van der Waals surface area (Å²) < 4.78 is 25.5. The molecule has 2 saturated heterocycles. The molecule has 0 aliphatic carbocycles. The van der Waals surface area contributed by atoms with Gasteiger partial charge in [-0.15, -0.1) is 0 Å². The van der Waals surface area contributed by atoms with Gasteiger partial charge in [0.2, 0.25) is 0 Å². The Morgan fingerprint density at radius 2 is 1.91 bits per heavy atom. The van der Waals surface area contributed by atoms with E-state index < -0.39 is 61.8 Å². The molecule has 0 radical (unpaired) electrons. The van der Waals surface area contributed by atoms with Crippen LogP contribution in [-0.2, 0) is 23.7 Å². The molecule has 0 spiro atoms. The van der Waals surface area contributed by atoms with E-state index in [-0.39, 0.29) is 18.1 Å². The summed E-state index contributed by atoms with van der Waals surface area (Å²) >= 11 is 0. The fourth-order valence-corrected chi connectivity index (χ4v) is 3.25. The number of aromatic hydroxyl groups is 1. The third kappa shape index (κ3) is 5.54. The summed E-state index contributed by atoms with van der Waals surface area (Å²) in [4.78, 5) is 12.0. The van der Waals surface area contributed by atoms with Gasteiger partial charge in [0, 0.05) is 6.08 Å². The quantitative estimate of drug-likeness (QED) is 0.193. The largest absolute Gasteiger partial charge is 0.504 e. The Labute approximate surface area is 182 Å². The van der Waals surface area contributed by atoms with Crippen LogP contribution < -0.4 is 4.74 Å². The van der Waals surface area contributed by atoms with Gasteiger partial charge in [-0.1, -0.05) is 6.07 Å². The number of aliphatic hydroxyl groups is 5. The van der Waals surface area contributed by atoms with Crippen molar-refractivity contribution in [2.75, 3.05) is 20.3 Å².